The average Bonchev–Trinajstić information content (AvgIpc) is 3.25. The van der Waals surface area contributed by atoms with Crippen LogP contribution in [0.1, 0.15) is 84.0 Å². The monoisotopic (exact) mass is 384 g/mol. The molecular weight excluding hydrogens is 344 g/mol. The molecule has 0 aromatic rings. The molecule has 0 saturated carbocycles. The number of carboxylic acid groups (broad SMARTS) is 1. The van der Waals surface area contributed by atoms with E-state index in [1.165, 1.54) is 51.4 Å². The summed E-state index contributed by atoms with van der Waals surface area (Å²) in [6.45, 7) is 5.33. The van der Waals surface area contributed by atoms with Crippen molar-refractivity contribution in [3.63, 3.8) is 0 Å². The van der Waals surface area contributed by atoms with Gasteiger partial charge < -0.3 is 19.3 Å². The Bertz CT molecular complexity index is 400. The predicted octanol–water partition coefficient (Wildman–Crippen LogP) is 4.82. The molecule has 2 saturated heterocycles. The van der Waals surface area contributed by atoms with Crippen molar-refractivity contribution in [1.82, 2.24) is 0 Å². The van der Waals surface area contributed by atoms with E-state index in [4.69, 9.17) is 19.3 Å². The fourth-order valence-corrected chi connectivity index (χ4v) is 4.63. The normalized spacial score (nSPS) is 26.7. The van der Waals surface area contributed by atoms with Crippen LogP contribution in [0, 0.1) is 11.8 Å². The highest BCUT2D eigenvalue weighted by molar-refractivity contribution is 5.66. The molecule has 0 radical (unpaired) electrons. The van der Waals surface area contributed by atoms with Crippen LogP contribution in [0.4, 0.5) is 0 Å². The maximum absolute atomic E-state index is 10.5. The minimum Gasteiger partial charge on any atom is -0.481 e. The molecule has 5 heteroatoms. The highest BCUT2D eigenvalue weighted by atomic mass is 16.5. The van der Waals surface area contributed by atoms with Gasteiger partial charge in [-0.2, -0.15) is 0 Å². The second-order valence-electron chi connectivity index (χ2n) is 8.19. The van der Waals surface area contributed by atoms with Crippen LogP contribution in [0.2, 0.25) is 0 Å². The van der Waals surface area contributed by atoms with E-state index >= 15 is 0 Å². The van der Waals surface area contributed by atoms with Crippen LogP contribution in [0.15, 0.2) is 0 Å². The van der Waals surface area contributed by atoms with E-state index in [2.05, 4.69) is 6.92 Å². The van der Waals surface area contributed by atoms with Crippen molar-refractivity contribution in [2.45, 2.75) is 96.2 Å². The van der Waals surface area contributed by atoms with Gasteiger partial charge in [-0.25, -0.2) is 0 Å². The van der Waals surface area contributed by atoms with Gasteiger partial charge in [-0.1, -0.05) is 32.6 Å². The molecule has 2 aliphatic rings. The summed E-state index contributed by atoms with van der Waals surface area (Å²) in [7, 11) is 0. The van der Waals surface area contributed by atoms with E-state index in [0.29, 0.717) is 37.1 Å². The van der Waals surface area contributed by atoms with Crippen molar-refractivity contribution in [3.8, 4) is 0 Å². The second-order valence-corrected chi connectivity index (χ2v) is 8.19. The first-order valence-corrected chi connectivity index (χ1v) is 11.2. The first-order chi connectivity index (χ1) is 13.2. The molecule has 27 heavy (non-hydrogen) atoms. The zero-order valence-electron chi connectivity index (χ0n) is 17.2. The van der Waals surface area contributed by atoms with Gasteiger partial charge in [-0.15, -0.1) is 0 Å². The summed E-state index contributed by atoms with van der Waals surface area (Å²) in [6, 6.07) is 0. The fraction of sp³-hybridized carbons (Fsp3) is 0.955. The molecule has 0 aromatic heterocycles. The zero-order valence-corrected chi connectivity index (χ0v) is 17.2. The van der Waals surface area contributed by atoms with Gasteiger partial charge in [0.2, 0.25) is 0 Å². The lowest BCUT2D eigenvalue weighted by Crippen LogP contribution is -2.28. The maximum Gasteiger partial charge on any atom is 0.303 e. The average molecular weight is 385 g/mol. The number of ether oxygens (including phenoxy) is 3. The molecule has 4 unspecified atom stereocenters. The van der Waals surface area contributed by atoms with Crippen molar-refractivity contribution in [1.29, 1.82) is 0 Å². The van der Waals surface area contributed by atoms with Gasteiger partial charge in [0.25, 0.3) is 0 Å². The SMILES string of the molecule is CCCCCCOCCCCC1C2CCC(O2)C1CCOCCCC(=O)O. The molecule has 0 spiro atoms. The molecule has 0 amide bonds. The summed E-state index contributed by atoms with van der Waals surface area (Å²) in [6.07, 6.45) is 13.9. The summed E-state index contributed by atoms with van der Waals surface area (Å²) in [5, 5.41) is 8.65. The first kappa shape index (κ1) is 22.6. The molecule has 2 heterocycles. The van der Waals surface area contributed by atoms with Gasteiger partial charge in [-0.3, -0.25) is 4.79 Å². The molecule has 2 bridgehead atoms. The van der Waals surface area contributed by atoms with Gasteiger partial charge in [0.15, 0.2) is 0 Å². The molecule has 5 nitrogen and oxygen atoms in total. The Labute approximate surface area is 165 Å². The van der Waals surface area contributed by atoms with Crippen molar-refractivity contribution >= 4 is 5.97 Å². The lowest BCUT2D eigenvalue weighted by molar-refractivity contribution is -0.137. The Morgan fingerprint density at radius 1 is 0.852 bits per heavy atom. The third kappa shape index (κ3) is 8.49. The van der Waals surface area contributed by atoms with E-state index in [-0.39, 0.29) is 6.42 Å². The topological polar surface area (TPSA) is 65.0 Å². The smallest absolute Gasteiger partial charge is 0.303 e. The van der Waals surface area contributed by atoms with E-state index in [0.717, 1.165) is 32.7 Å². The molecular formula is C22H40O5. The number of carboxylic acids is 1. The van der Waals surface area contributed by atoms with Crippen molar-refractivity contribution in [2.75, 3.05) is 26.4 Å². The number of carbonyl (C=O) groups is 1. The summed E-state index contributed by atoms with van der Waals surface area (Å²) >= 11 is 0. The first-order valence-electron chi connectivity index (χ1n) is 11.2. The molecule has 2 fully saturated rings. The van der Waals surface area contributed by atoms with Crippen LogP contribution >= 0.6 is 0 Å². The quantitative estimate of drug-likeness (QED) is 0.364. The van der Waals surface area contributed by atoms with E-state index in [9.17, 15) is 4.79 Å². The van der Waals surface area contributed by atoms with Crippen LogP contribution in [0.3, 0.4) is 0 Å². The summed E-state index contributed by atoms with van der Waals surface area (Å²) in [5.41, 5.74) is 0. The van der Waals surface area contributed by atoms with E-state index in [1.54, 1.807) is 0 Å². The molecule has 1 N–H and O–H groups in total. The van der Waals surface area contributed by atoms with Gasteiger partial charge in [0.05, 0.1) is 12.2 Å². The standard InChI is InChI=1S/C22H40O5/c1-2-3-4-6-14-25-15-7-5-9-18-19(21-12-11-20(18)27-21)13-17-26-16-8-10-22(23)24/h18-21H,2-17H2,1H3,(H,23,24). The predicted molar refractivity (Wildman–Crippen MR) is 106 cm³/mol. The van der Waals surface area contributed by atoms with Crippen molar-refractivity contribution < 1.29 is 24.1 Å². The second kappa shape index (κ2) is 13.5. The Morgan fingerprint density at radius 3 is 2.19 bits per heavy atom. The number of unbranched alkanes of at least 4 members (excludes halogenated alkanes) is 4. The number of hydrogen-bond donors (Lipinski definition) is 1. The molecule has 0 aliphatic carbocycles. The van der Waals surface area contributed by atoms with E-state index < -0.39 is 5.97 Å². The molecule has 2 aliphatic heterocycles. The lowest BCUT2D eigenvalue weighted by atomic mass is 9.75. The molecule has 158 valence electrons. The highest BCUT2D eigenvalue weighted by Gasteiger charge is 2.47. The van der Waals surface area contributed by atoms with Crippen LogP contribution in [-0.4, -0.2) is 49.7 Å². The number of fused-ring (bicyclic) bond motifs is 2. The largest absolute Gasteiger partial charge is 0.481 e. The van der Waals surface area contributed by atoms with Gasteiger partial charge in [0.1, 0.15) is 0 Å². The summed E-state index contributed by atoms with van der Waals surface area (Å²) < 4.78 is 17.6. The number of aliphatic carboxylic acids is 1. The number of hydrogen-bond acceptors (Lipinski definition) is 4. The van der Waals surface area contributed by atoms with Gasteiger partial charge in [-0.05, 0) is 56.8 Å². The Balaban J connectivity index is 1.53. The van der Waals surface area contributed by atoms with Crippen molar-refractivity contribution in [3.05, 3.63) is 0 Å². The zero-order chi connectivity index (χ0) is 19.3. The third-order valence-electron chi connectivity index (χ3n) is 6.08. The van der Waals surface area contributed by atoms with Crippen LogP contribution in [0.5, 0.6) is 0 Å². The van der Waals surface area contributed by atoms with E-state index in [1.807, 2.05) is 0 Å². The van der Waals surface area contributed by atoms with Crippen LogP contribution in [0.25, 0.3) is 0 Å². The van der Waals surface area contributed by atoms with Crippen LogP contribution in [-0.2, 0) is 19.0 Å². The summed E-state index contributed by atoms with van der Waals surface area (Å²) in [4.78, 5) is 10.5. The third-order valence-corrected chi connectivity index (χ3v) is 6.08. The number of rotatable bonds is 17. The highest BCUT2D eigenvalue weighted by Crippen LogP contribution is 2.47. The maximum atomic E-state index is 10.5. The van der Waals surface area contributed by atoms with Crippen molar-refractivity contribution in [2.24, 2.45) is 11.8 Å². The minimum atomic E-state index is -0.745. The fourth-order valence-electron chi connectivity index (χ4n) is 4.63. The minimum absolute atomic E-state index is 0.195. The Morgan fingerprint density at radius 2 is 1.48 bits per heavy atom. The lowest BCUT2D eigenvalue weighted by Gasteiger charge is -2.28. The van der Waals surface area contributed by atoms with Gasteiger partial charge >= 0.3 is 5.97 Å². The van der Waals surface area contributed by atoms with Gasteiger partial charge in [0, 0.05) is 32.8 Å². The molecule has 2 rings (SSSR count). The Kier molecular flexibility index (Phi) is 11.3. The molecule has 4 atom stereocenters. The summed E-state index contributed by atoms with van der Waals surface area (Å²) in [5.74, 6) is 0.555. The Hall–Kier alpha value is -0.650. The molecule has 0 aromatic carbocycles. The van der Waals surface area contributed by atoms with Crippen LogP contribution < -0.4 is 0 Å².